The molecule has 0 aromatic heterocycles. The number of nitrogens with one attached hydrogen (secondary N) is 1. The SMILES string of the molecule is CCN1CCN(/C=C(/C#N)C(=O)NCCc2ccc(OC)cc2)CC1. The van der Waals surface area contributed by atoms with Gasteiger partial charge >= 0.3 is 0 Å². The Balaban J connectivity index is 1.81. The molecule has 1 aliphatic rings. The fourth-order valence-electron chi connectivity index (χ4n) is 2.74. The number of rotatable bonds is 7. The summed E-state index contributed by atoms with van der Waals surface area (Å²) in [6.07, 6.45) is 2.40. The zero-order valence-electron chi connectivity index (χ0n) is 15.0. The topological polar surface area (TPSA) is 68.6 Å². The Morgan fingerprint density at radius 2 is 1.96 bits per heavy atom. The van der Waals surface area contributed by atoms with Crippen LogP contribution in [-0.2, 0) is 11.2 Å². The van der Waals surface area contributed by atoms with Crippen molar-refractivity contribution in [1.82, 2.24) is 15.1 Å². The van der Waals surface area contributed by atoms with Crippen molar-refractivity contribution in [3.8, 4) is 11.8 Å². The number of carbonyl (C=O) groups is 1. The van der Waals surface area contributed by atoms with Crippen LogP contribution >= 0.6 is 0 Å². The van der Waals surface area contributed by atoms with Crippen LogP contribution in [0.1, 0.15) is 12.5 Å². The third-order valence-corrected chi connectivity index (χ3v) is 4.39. The Morgan fingerprint density at radius 1 is 1.28 bits per heavy atom. The summed E-state index contributed by atoms with van der Waals surface area (Å²) in [5.74, 6) is 0.500. The normalized spacial score (nSPS) is 15.6. The molecule has 0 bridgehead atoms. The summed E-state index contributed by atoms with van der Waals surface area (Å²) in [4.78, 5) is 16.6. The second-order valence-electron chi connectivity index (χ2n) is 5.98. The highest BCUT2D eigenvalue weighted by molar-refractivity contribution is 5.97. The maximum Gasteiger partial charge on any atom is 0.263 e. The van der Waals surface area contributed by atoms with Crippen LogP contribution in [0.25, 0.3) is 0 Å². The molecule has 0 radical (unpaired) electrons. The number of piperazine rings is 1. The van der Waals surface area contributed by atoms with E-state index < -0.39 is 0 Å². The molecule has 2 rings (SSSR count). The summed E-state index contributed by atoms with van der Waals surface area (Å²) in [7, 11) is 1.63. The van der Waals surface area contributed by atoms with Crippen LogP contribution in [0.15, 0.2) is 36.0 Å². The molecule has 1 fully saturated rings. The van der Waals surface area contributed by atoms with E-state index in [1.165, 1.54) is 0 Å². The molecule has 134 valence electrons. The first kappa shape index (κ1) is 18.8. The molecule has 1 heterocycles. The van der Waals surface area contributed by atoms with E-state index in [0.717, 1.165) is 44.0 Å². The lowest BCUT2D eigenvalue weighted by molar-refractivity contribution is -0.117. The molecule has 0 spiro atoms. The van der Waals surface area contributed by atoms with Gasteiger partial charge in [-0.25, -0.2) is 0 Å². The van der Waals surface area contributed by atoms with Crippen molar-refractivity contribution < 1.29 is 9.53 Å². The molecule has 0 unspecified atom stereocenters. The van der Waals surface area contributed by atoms with Crippen LogP contribution in [-0.4, -0.2) is 62.1 Å². The van der Waals surface area contributed by atoms with E-state index in [-0.39, 0.29) is 11.5 Å². The largest absolute Gasteiger partial charge is 0.497 e. The minimum Gasteiger partial charge on any atom is -0.497 e. The van der Waals surface area contributed by atoms with Gasteiger partial charge in [0, 0.05) is 38.9 Å². The van der Waals surface area contributed by atoms with E-state index in [9.17, 15) is 10.1 Å². The number of nitrogens with zero attached hydrogens (tertiary/aromatic N) is 3. The molecular formula is C19H26N4O2. The van der Waals surface area contributed by atoms with Gasteiger partial charge in [0.2, 0.25) is 0 Å². The molecule has 0 atom stereocenters. The van der Waals surface area contributed by atoms with Crippen LogP contribution in [0.4, 0.5) is 0 Å². The summed E-state index contributed by atoms with van der Waals surface area (Å²) in [6.45, 7) is 7.29. The van der Waals surface area contributed by atoms with Crippen molar-refractivity contribution in [2.45, 2.75) is 13.3 Å². The van der Waals surface area contributed by atoms with Gasteiger partial charge in [-0.1, -0.05) is 19.1 Å². The second kappa shape index (κ2) is 9.70. The lowest BCUT2D eigenvalue weighted by Gasteiger charge is -2.33. The van der Waals surface area contributed by atoms with E-state index in [4.69, 9.17) is 4.74 Å². The highest BCUT2D eigenvalue weighted by Crippen LogP contribution is 2.11. The fourth-order valence-corrected chi connectivity index (χ4v) is 2.74. The zero-order chi connectivity index (χ0) is 18.1. The molecule has 6 heteroatoms. The zero-order valence-corrected chi connectivity index (χ0v) is 15.0. The van der Waals surface area contributed by atoms with Gasteiger partial charge in [0.05, 0.1) is 7.11 Å². The van der Waals surface area contributed by atoms with Crippen molar-refractivity contribution >= 4 is 5.91 Å². The average Bonchev–Trinajstić information content (AvgIpc) is 2.67. The number of methoxy groups -OCH3 is 1. The summed E-state index contributed by atoms with van der Waals surface area (Å²) in [6, 6.07) is 9.75. The Hall–Kier alpha value is -2.52. The number of ether oxygens (including phenoxy) is 1. The summed E-state index contributed by atoms with van der Waals surface area (Å²) < 4.78 is 5.12. The van der Waals surface area contributed by atoms with E-state index in [0.29, 0.717) is 13.0 Å². The van der Waals surface area contributed by atoms with Crippen LogP contribution in [0.5, 0.6) is 5.75 Å². The minimum atomic E-state index is -0.311. The summed E-state index contributed by atoms with van der Waals surface area (Å²) >= 11 is 0. The Labute approximate surface area is 149 Å². The molecule has 1 saturated heterocycles. The molecule has 25 heavy (non-hydrogen) atoms. The number of benzene rings is 1. The van der Waals surface area contributed by atoms with Crippen molar-refractivity contribution in [2.75, 3.05) is 46.4 Å². The lowest BCUT2D eigenvalue weighted by Crippen LogP contribution is -2.44. The molecule has 1 amide bonds. The molecule has 1 aromatic carbocycles. The van der Waals surface area contributed by atoms with Gasteiger partial charge in [-0.3, -0.25) is 4.79 Å². The highest BCUT2D eigenvalue weighted by Gasteiger charge is 2.16. The van der Waals surface area contributed by atoms with Gasteiger partial charge < -0.3 is 19.9 Å². The standard InChI is InChI=1S/C19H26N4O2/c1-3-22-10-12-23(13-11-22)15-17(14-20)19(24)21-9-8-16-4-6-18(25-2)7-5-16/h4-7,15H,3,8-13H2,1-2H3,(H,21,24)/b17-15-. The number of carbonyl (C=O) groups excluding carboxylic acids is 1. The second-order valence-corrected chi connectivity index (χ2v) is 5.98. The quantitative estimate of drug-likeness (QED) is 0.599. The predicted octanol–water partition coefficient (Wildman–Crippen LogP) is 1.40. The van der Waals surface area contributed by atoms with Crippen LogP contribution in [0, 0.1) is 11.3 Å². The Morgan fingerprint density at radius 3 is 2.52 bits per heavy atom. The Kier molecular flexibility index (Phi) is 7.30. The van der Waals surface area contributed by atoms with Crippen LogP contribution < -0.4 is 10.1 Å². The number of likely N-dealkylation sites (N-methyl/N-ethyl adjacent to an activating group) is 1. The van der Waals surface area contributed by atoms with E-state index >= 15 is 0 Å². The maximum atomic E-state index is 12.2. The minimum absolute atomic E-state index is 0.166. The summed E-state index contributed by atoms with van der Waals surface area (Å²) in [5, 5.41) is 12.1. The smallest absolute Gasteiger partial charge is 0.263 e. The van der Waals surface area contributed by atoms with Gasteiger partial charge in [-0.2, -0.15) is 5.26 Å². The molecule has 1 N–H and O–H groups in total. The van der Waals surface area contributed by atoms with Gasteiger partial charge in [0.15, 0.2) is 0 Å². The van der Waals surface area contributed by atoms with Gasteiger partial charge in [0.25, 0.3) is 5.91 Å². The first-order valence-corrected chi connectivity index (χ1v) is 8.65. The Bertz CT molecular complexity index is 626. The highest BCUT2D eigenvalue weighted by atomic mass is 16.5. The first-order valence-electron chi connectivity index (χ1n) is 8.65. The average molecular weight is 342 g/mol. The van der Waals surface area contributed by atoms with Crippen molar-refractivity contribution in [3.63, 3.8) is 0 Å². The summed E-state index contributed by atoms with van der Waals surface area (Å²) in [5.41, 5.74) is 1.28. The van der Waals surface area contributed by atoms with E-state index in [1.54, 1.807) is 13.3 Å². The van der Waals surface area contributed by atoms with Crippen molar-refractivity contribution in [1.29, 1.82) is 5.26 Å². The van der Waals surface area contributed by atoms with Crippen molar-refractivity contribution in [2.24, 2.45) is 0 Å². The number of amides is 1. The van der Waals surface area contributed by atoms with Crippen molar-refractivity contribution in [3.05, 3.63) is 41.6 Å². The lowest BCUT2D eigenvalue weighted by atomic mass is 10.1. The third-order valence-electron chi connectivity index (χ3n) is 4.39. The molecule has 1 aliphatic heterocycles. The predicted molar refractivity (Wildman–Crippen MR) is 97.1 cm³/mol. The number of hydrogen-bond donors (Lipinski definition) is 1. The number of nitriles is 1. The van der Waals surface area contributed by atoms with E-state index in [2.05, 4.69) is 17.1 Å². The fraction of sp³-hybridized carbons (Fsp3) is 0.474. The van der Waals surface area contributed by atoms with Gasteiger partial charge in [-0.05, 0) is 30.7 Å². The van der Waals surface area contributed by atoms with Crippen LogP contribution in [0.3, 0.4) is 0 Å². The van der Waals surface area contributed by atoms with Gasteiger partial charge in [-0.15, -0.1) is 0 Å². The molecular weight excluding hydrogens is 316 g/mol. The first-order chi connectivity index (χ1) is 12.2. The molecule has 0 aliphatic carbocycles. The molecule has 6 nitrogen and oxygen atoms in total. The van der Waals surface area contributed by atoms with Gasteiger partial charge in [0.1, 0.15) is 17.4 Å². The monoisotopic (exact) mass is 342 g/mol. The molecule has 0 saturated carbocycles. The maximum absolute atomic E-state index is 12.2. The number of hydrogen-bond acceptors (Lipinski definition) is 5. The third kappa shape index (κ3) is 5.80. The van der Waals surface area contributed by atoms with E-state index in [1.807, 2.05) is 35.2 Å². The molecule has 1 aromatic rings. The van der Waals surface area contributed by atoms with Crippen LogP contribution in [0.2, 0.25) is 0 Å².